The minimum atomic E-state index is -0.216. The molecule has 0 radical (unpaired) electrons. The molecule has 0 aromatic carbocycles. The summed E-state index contributed by atoms with van der Waals surface area (Å²) in [6.45, 7) is 7.39. The van der Waals surface area contributed by atoms with E-state index in [4.69, 9.17) is 0 Å². The minimum Gasteiger partial charge on any atom is -0.354 e. The molecule has 2 aromatic heterocycles. The van der Waals surface area contributed by atoms with Gasteiger partial charge in [0.1, 0.15) is 5.69 Å². The highest BCUT2D eigenvalue weighted by Crippen LogP contribution is 2.07. The zero-order valence-corrected chi connectivity index (χ0v) is 13.8. The number of rotatable bonds is 7. The summed E-state index contributed by atoms with van der Waals surface area (Å²) in [5, 5.41) is 6.02. The van der Waals surface area contributed by atoms with E-state index in [-0.39, 0.29) is 5.91 Å². The topological polar surface area (TPSA) is 79.8 Å². The van der Waals surface area contributed by atoms with Gasteiger partial charge in [-0.2, -0.15) is 0 Å². The van der Waals surface area contributed by atoms with E-state index in [1.165, 1.54) is 0 Å². The van der Waals surface area contributed by atoms with Crippen LogP contribution in [0.3, 0.4) is 0 Å². The van der Waals surface area contributed by atoms with Crippen molar-refractivity contribution in [2.75, 3.05) is 11.9 Å². The van der Waals surface area contributed by atoms with Crippen LogP contribution < -0.4 is 10.6 Å². The van der Waals surface area contributed by atoms with E-state index in [0.29, 0.717) is 24.1 Å². The molecule has 0 spiro atoms. The number of hydrogen-bond acceptors (Lipinski definition) is 5. The van der Waals surface area contributed by atoms with E-state index in [9.17, 15) is 4.79 Å². The predicted molar refractivity (Wildman–Crippen MR) is 90.1 cm³/mol. The average molecular weight is 313 g/mol. The highest BCUT2D eigenvalue weighted by atomic mass is 16.1. The molecule has 122 valence electrons. The van der Waals surface area contributed by atoms with E-state index in [1.807, 2.05) is 19.1 Å². The molecule has 0 atom stereocenters. The van der Waals surface area contributed by atoms with Crippen LogP contribution in [0, 0.1) is 12.8 Å². The van der Waals surface area contributed by atoms with Gasteiger partial charge in [0, 0.05) is 31.2 Å². The lowest BCUT2D eigenvalue weighted by Crippen LogP contribution is -2.24. The number of amides is 1. The Hall–Kier alpha value is -2.50. The van der Waals surface area contributed by atoms with Gasteiger partial charge >= 0.3 is 0 Å². The summed E-state index contributed by atoms with van der Waals surface area (Å²) in [6, 6.07) is 5.44. The van der Waals surface area contributed by atoms with Crippen molar-refractivity contribution in [2.24, 2.45) is 5.92 Å². The molecule has 0 fully saturated rings. The third-order valence-corrected chi connectivity index (χ3v) is 3.27. The average Bonchev–Trinajstić information content (AvgIpc) is 2.52. The van der Waals surface area contributed by atoms with Crippen LogP contribution in [0.2, 0.25) is 0 Å². The molecule has 0 aliphatic carbocycles. The number of pyridine rings is 1. The van der Waals surface area contributed by atoms with Crippen LogP contribution in [0.15, 0.2) is 30.6 Å². The number of anilines is 1. The Balaban J connectivity index is 1.97. The Bertz CT molecular complexity index is 643. The van der Waals surface area contributed by atoms with Crippen molar-refractivity contribution >= 4 is 11.9 Å². The lowest BCUT2D eigenvalue weighted by atomic mass is 10.1. The van der Waals surface area contributed by atoms with Crippen molar-refractivity contribution in [1.29, 1.82) is 0 Å². The van der Waals surface area contributed by atoms with Crippen molar-refractivity contribution in [3.05, 3.63) is 47.5 Å². The molecule has 0 saturated carbocycles. The van der Waals surface area contributed by atoms with Gasteiger partial charge in [-0.1, -0.05) is 19.9 Å². The Morgan fingerprint density at radius 2 is 2.13 bits per heavy atom. The second kappa shape index (κ2) is 8.22. The maximum absolute atomic E-state index is 12.3. The molecule has 2 rings (SSSR count). The van der Waals surface area contributed by atoms with E-state index in [0.717, 1.165) is 24.2 Å². The third-order valence-electron chi connectivity index (χ3n) is 3.27. The van der Waals surface area contributed by atoms with Crippen molar-refractivity contribution in [3.8, 4) is 0 Å². The second-order valence-corrected chi connectivity index (χ2v) is 5.87. The molecular weight excluding hydrogens is 290 g/mol. The Morgan fingerprint density at radius 3 is 2.83 bits per heavy atom. The van der Waals surface area contributed by atoms with Gasteiger partial charge in [0.2, 0.25) is 5.95 Å². The second-order valence-electron chi connectivity index (χ2n) is 5.87. The largest absolute Gasteiger partial charge is 0.354 e. The molecule has 0 aliphatic rings. The number of nitrogens with one attached hydrogen (secondary N) is 2. The summed E-state index contributed by atoms with van der Waals surface area (Å²) >= 11 is 0. The zero-order valence-electron chi connectivity index (χ0n) is 13.8. The quantitative estimate of drug-likeness (QED) is 0.821. The predicted octanol–water partition coefficient (Wildman–Crippen LogP) is 2.57. The molecule has 2 aromatic rings. The van der Waals surface area contributed by atoms with E-state index < -0.39 is 0 Å². The Labute approximate surface area is 136 Å². The molecule has 0 bridgehead atoms. The van der Waals surface area contributed by atoms with Gasteiger partial charge in [0.15, 0.2) is 0 Å². The number of carbonyl (C=O) groups is 1. The fourth-order valence-corrected chi connectivity index (χ4v) is 2.01. The maximum Gasteiger partial charge on any atom is 0.270 e. The van der Waals surface area contributed by atoms with Gasteiger partial charge in [0.05, 0.1) is 0 Å². The molecule has 23 heavy (non-hydrogen) atoms. The summed E-state index contributed by atoms with van der Waals surface area (Å²) in [5.74, 6) is 0.887. The van der Waals surface area contributed by atoms with Crippen LogP contribution in [0.4, 0.5) is 5.95 Å². The lowest BCUT2D eigenvalue weighted by Gasteiger charge is -2.10. The number of aryl methyl sites for hydroxylation is 1. The monoisotopic (exact) mass is 313 g/mol. The molecule has 0 unspecified atom stereocenters. The maximum atomic E-state index is 12.3. The smallest absolute Gasteiger partial charge is 0.270 e. The first kappa shape index (κ1) is 16.9. The van der Waals surface area contributed by atoms with Crippen LogP contribution in [-0.2, 0) is 6.54 Å². The van der Waals surface area contributed by atoms with E-state index >= 15 is 0 Å². The van der Waals surface area contributed by atoms with Gasteiger partial charge in [-0.15, -0.1) is 0 Å². The SMILES string of the molecule is Cc1cc(C(=O)NCc2cccnc2)nc(NCCC(C)C)n1. The van der Waals surface area contributed by atoms with Gasteiger partial charge in [0.25, 0.3) is 5.91 Å². The van der Waals surface area contributed by atoms with Gasteiger partial charge in [-0.3, -0.25) is 9.78 Å². The zero-order chi connectivity index (χ0) is 16.7. The Morgan fingerprint density at radius 1 is 1.30 bits per heavy atom. The molecule has 6 nitrogen and oxygen atoms in total. The molecule has 1 amide bonds. The van der Waals surface area contributed by atoms with Gasteiger partial charge < -0.3 is 10.6 Å². The summed E-state index contributed by atoms with van der Waals surface area (Å²) in [7, 11) is 0. The molecule has 2 heterocycles. The van der Waals surface area contributed by atoms with Crippen LogP contribution in [0.5, 0.6) is 0 Å². The fraction of sp³-hybridized carbons (Fsp3) is 0.412. The van der Waals surface area contributed by atoms with Crippen LogP contribution in [-0.4, -0.2) is 27.4 Å². The first-order chi connectivity index (χ1) is 11.0. The first-order valence-corrected chi connectivity index (χ1v) is 7.81. The highest BCUT2D eigenvalue weighted by Gasteiger charge is 2.10. The molecule has 0 saturated heterocycles. The highest BCUT2D eigenvalue weighted by molar-refractivity contribution is 5.92. The first-order valence-electron chi connectivity index (χ1n) is 7.81. The van der Waals surface area contributed by atoms with Gasteiger partial charge in [-0.25, -0.2) is 9.97 Å². The summed E-state index contributed by atoms with van der Waals surface area (Å²) < 4.78 is 0. The minimum absolute atomic E-state index is 0.216. The Kier molecular flexibility index (Phi) is 6.02. The van der Waals surface area contributed by atoms with Crippen LogP contribution in [0.1, 0.15) is 42.0 Å². The van der Waals surface area contributed by atoms with Crippen molar-refractivity contribution in [1.82, 2.24) is 20.3 Å². The molecule has 2 N–H and O–H groups in total. The van der Waals surface area contributed by atoms with E-state index in [1.54, 1.807) is 18.5 Å². The third kappa shape index (κ3) is 5.65. The van der Waals surface area contributed by atoms with Crippen LogP contribution >= 0.6 is 0 Å². The fourth-order valence-electron chi connectivity index (χ4n) is 2.01. The standard InChI is InChI=1S/C17H23N5O/c1-12(2)6-8-19-17-21-13(3)9-15(22-17)16(23)20-11-14-5-4-7-18-10-14/h4-5,7,9-10,12H,6,8,11H2,1-3H3,(H,20,23)(H,19,21,22). The lowest BCUT2D eigenvalue weighted by molar-refractivity contribution is 0.0945. The number of nitrogens with zero attached hydrogens (tertiary/aromatic N) is 3. The molecule has 0 aliphatic heterocycles. The molecule has 6 heteroatoms. The van der Waals surface area contributed by atoms with Crippen LogP contribution in [0.25, 0.3) is 0 Å². The number of aromatic nitrogens is 3. The normalized spacial score (nSPS) is 10.6. The summed E-state index contributed by atoms with van der Waals surface area (Å²) in [6.07, 6.45) is 4.46. The van der Waals surface area contributed by atoms with Gasteiger partial charge in [-0.05, 0) is 37.0 Å². The number of carbonyl (C=O) groups excluding carboxylic acids is 1. The van der Waals surface area contributed by atoms with Crippen molar-refractivity contribution < 1.29 is 4.79 Å². The van der Waals surface area contributed by atoms with Crippen molar-refractivity contribution in [2.45, 2.75) is 33.7 Å². The van der Waals surface area contributed by atoms with E-state index in [2.05, 4.69) is 39.4 Å². The number of hydrogen-bond donors (Lipinski definition) is 2. The summed E-state index contributed by atoms with van der Waals surface area (Å²) in [4.78, 5) is 24.9. The summed E-state index contributed by atoms with van der Waals surface area (Å²) in [5.41, 5.74) is 2.08. The molecular formula is C17H23N5O. The van der Waals surface area contributed by atoms with Crippen molar-refractivity contribution in [3.63, 3.8) is 0 Å².